The molecule has 1 atom stereocenters. The van der Waals surface area contributed by atoms with Crippen LogP contribution >= 0.6 is 0 Å². The predicted molar refractivity (Wildman–Crippen MR) is 67.0 cm³/mol. The summed E-state index contributed by atoms with van der Waals surface area (Å²) in [5, 5.41) is 10.6. The maximum atomic E-state index is 11.9. The SMILES string of the molecule is Cc1noc(C)c1C(C)NC(=O)Cn1cnc(N)n1. The Morgan fingerprint density at radius 3 is 2.84 bits per heavy atom. The van der Waals surface area contributed by atoms with Gasteiger partial charge in [-0.2, -0.15) is 0 Å². The first-order valence-electron chi connectivity index (χ1n) is 5.84. The van der Waals surface area contributed by atoms with E-state index in [1.807, 2.05) is 20.8 Å². The Morgan fingerprint density at radius 1 is 1.58 bits per heavy atom. The highest BCUT2D eigenvalue weighted by atomic mass is 16.5. The molecule has 0 saturated heterocycles. The Kier molecular flexibility index (Phi) is 3.50. The lowest BCUT2D eigenvalue weighted by Crippen LogP contribution is -2.30. The average Bonchev–Trinajstić information content (AvgIpc) is 2.85. The lowest BCUT2D eigenvalue weighted by atomic mass is 10.1. The lowest BCUT2D eigenvalue weighted by Gasteiger charge is -2.13. The van der Waals surface area contributed by atoms with E-state index in [0.29, 0.717) is 5.76 Å². The van der Waals surface area contributed by atoms with Crippen molar-refractivity contribution in [1.82, 2.24) is 25.2 Å². The summed E-state index contributed by atoms with van der Waals surface area (Å²) in [6.07, 6.45) is 1.41. The molecule has 3 N–H and O–H groups in total. The summed E-state index contributed by atoms with van der Waals surface area (Å²) in [5.74, 6) is 0.666. The van der Waals surface area contributed by atoms with Gasteiger partial charge in [-0.25, -0.2) is 9.67 Å². The van der Waals surface area contributed by atoms with Crippen molar-refractivity contribution >= 4 is 11.9 Å². The number of nitrogen functional groups attached to an aromatic ring is 1. The van der Waals surface area contributed by atoms with Gasteiger partial charge in [-0.3, -0.25) is 4.79 Å². The van der Waals surface area contributed by atoms with E-state index in [1.165, 1.54) is 11.0 Å². The summed E-state index contributed by atoms with van der Waals surface area (Å²) >= 11 is 0. The molecule has 0 aliphatic rings. The molecule has 2 rings (SSSR count). The molecule has 0 saturated carbocycles. The molecule has 1 unspecified atom stereocenters. The van der Waals surface area contributed by atoms with Gasteiger partial charge in [-0.05, 0) is 20.8 Å². The van der Waals surface area contributed by atoms with E-state index in [1.54, 1.807) is 0 Å². The first-order chi connectivity index (χ1) is 8.97. The molecule has 2 aromatic rings. The molecule has 0 aromatic carbocycles. The van der Waals surface area contributed by atoms with Crippen LogP contribution in [0.2, 0.25) is 0 Å². The van der Waals surface area contributed by atoms with Gasteiger partial charge in [0.25, 0.3) is 0 Å². The van der Waals surface area contributed by atoms with Gasteiger partial charge < -0.3 is 15.6 Å². The minimum atomic E-state index is -0.183. The van der Waals surface area contributed by atoms with E-state index < -0.39 is 0 Å². The fraction of sp³-hybridized carbons (Fsp3) is 0.455. The monoisotopic (exact) mass is 264 g/mol. The van der Waals surface area contributed by atoms with Crippen LogP contribution in [0.5, 0.6) is 0 Å². The Morgan fingerprint density at radius 2 is 2.32 bits per heavy atom. The molecule has 2 aromatic heterocycles. The van der Waals surface area contributed by atoms with Gasteiger partial charge in [0.05, 0.1) is 11.7 Å². The molecular weight excluding hydrogens is 248 g/mol. The second-order valence-corrected chi connectivity index (χ2v) is 4.33. The number of nitrogens with two attached hydrogens (primary N) is 1. The Bertz CT molecular complexity index is 568. The summed E-state index contributed by atoms with van der Waals surface area (Å²) in [7, 11) is 0. The molecule has 0 spiro atoms. The van der Waals surface area contributed by atoms with Gasteiger partial charge in [0.2, 0.25) is 11.9 Å². The van der Waals surface area contributed by atoms with Crippen molar-refractivity contribution in [2.24, 2.45) is 0 Å². The molecule has 2 heterocycles. The van der Waals surface area contributed by atoms with E-state index >= 15 is 0 Å². The van der Waals surface area contributed by atoms with Crippen LogP contribution < -0.4 is 11.1 Å². The zero-order valence-electron chi connectivity index (χ0n) is 11.0. The number of hydrogen-bond donors (Lipinski definition) is 2. The van der Waals surface area contributed by atoms with Gasteiger partial charge in [0.15, 0.2) is 0 Å². The van der Waals surface area contributed by atoms with Crippen molar-refractivity contribution in [2.45, 2.75) is 33.4 Å². The van der Waals surface area contributed by atoms with Gasteiger partial charge in [-0.15, -0.1) is 5.10 Å². The fourth-order valence-corrected chi connectivity index (χ4v) is 2.00. The third kappa shape index (κ3) is 2.90. The number of anilines is 1. The van der Waals surface area contributed by atoms with Crippen molar-refractivity contribution < 1.29 is 9.32 Å². The fourth-order valence-electron chi connectivity index (χ4n) is 2.00. The van der Waals surface area contributed by atoms with Gasteiger partial charge in [0, 0.05) is 5.56 Å². The van der Waals surface area contributed by atoms with Crippen molar-refractivity contribution in [3.63, 3.8) is 0 Å². The van der Waals surface area contributed by atoms with E-state index in [2.05, 4.69) is 20.6 Å². The van der Waals surface area contributed by atoms with Crippen LogP contribution in [0.15, 0.2) is 10.9 Å². The second kappa shape index (κ2) is 5.09. The molecule has 8 nitrogen and oxygen atoms in total. The van der Waals surface area contributed by atoms with Crippen LogP contribution in [0.3, 0.4) is 0 Å². The Hall–Kier alpha value is -2.38. The molecule has 102 valence electrons. The number of amides is 1. The van der Waals surface area contributed by atoms with E-state index in [0.717, 1.165) is 11.3 Å². The smallest absolute Gasteiger partial charge is 0.242 e. The number of carbonyl (C=O) groups is 1. The Labute approximate surface area is 110 Å². The van der Waals surface area contributed by atoms with E-state index in [4.69, 9.17) is 10.3 Å². The van der Waals surface area contributed by atoms with Crippen molar-refractivity contribution in [3.8, 4) is 0 Å². The molecule has 0 aliphatic heterocycles. The summed E-state index contributed by atoms with van der Waals surface area (Å²) < 4.78 is 6.45. The summed E-state index contributed by atoms with van der Waals surface area (Å²) in [4.78, 5) is 15.6. The quantitative estimate of drug-likeness (QED) is 0.823. The summed E-state index contributed by atoms with van der Waals surface area (Å²) in [6, 6.07) is -0.181. The average molecular weight is 264 g/mol. The second-order valence-electron chi connectivity index (χ2n) is 4.33. The highest BCUT2D eigenvalue weighted by molar-refractivity contribution is 5.76. The molecule has 0 fully saturated rings. The predicted octanol–water partition coefficient (Wildman–Crippen LogP) is 0.343. The number of nitrogens with one attached hydrogen (secondary N) is 1. The molecule has 0 radical (unpaired) electrons. The van der Waals surface area contributed by atoms with Crippen LogP contribution in [-0.2, 0) is 11.3 Å². The highest BCUT2D eigenvalue weighted by Crippen LogP contribution is 2.20. The molecule has 8 heteroatoms. The topological polar surface area (TPSA) is 112 Å². The summed E-state index contributed by atoms with van der Waals surface area (Å²) in [6.45, 7) is 5.60. The standard InChI is InChI=1S/C11H16N6O2/c1-6(10-7(2)16-19-8(10)3)14-9(18)4-17-5-13-11(12)15-17/h5-6H,4H2,1-3H3,(H2,12,15)(H,14,18). The van der Waals surface area contributed by atoms with Crippen molar-refractivity contribution in [2.75, 3.05) is 5.73 Å². The first kappa shape index (κ1) is 13.1. The first-order valence-corrected chi connectivity index (χ1v) is 5.84. The number of aromatic nitrogens is 4. The number of rotatable bonds is 4. The number of hydrogen-bond acceptors (Lipinski definition) is 6. The van der Waals surface area contributed by atoms with Crippen LogP contribution in [0.1, 0.15) is 30.0 Å². The van der Waals surface area contributed by atoms with Gasteiger partial charge in [0.1, 0.15) is 18.6 Å². The van der Waals surface area contributed by atoms with Crippen LogP contribution in [-0.4, -0.2) is 25.8 Å². The zero-order valence-corrected chi connectivity index (χ0v) is 11.0. The Balaban J connectivity index is 1.99. The molecular formula is C11H16N6O2. The van der Waals surface area contributed by atoms with Crippen molar-refractivity contribution in [1.29, 1.82) is 0 Å². The normalized spacial score (nSPS) is 12.4. The van der Waals surface area contributed by atoms with Gasteiger partial charge in [-0.1, -0.05) is 5.16 Å². The van der Waals surface area contributed by atoms with Crippen molar-refractivity contribution in [3.05, 3.63) is 23.3 Å². The van der Waals surface area contributed by atoms with E-state index in [-0.39, 0.29) is 24.4 Å². The third-order valence-corrected chi connectivity index (χ3v) is 2.76. The number of aryl methyl sites for hydroxylation is 2. The molecule has 0 aliphatic carbocycles. The third-order valence-electron chi connectivity index (χ3n) is 2.76. The summed E-state index contributed by atoms with van der Waals surface area (Å²) in [5.41, 5.74) is 7.05. The number of nitrogens with zero attached hydrogens (tertiary/aromatic N) is 4. The minimum absolute atomic E-state index is 0.0674. The lowest BCUT2D eigenvalue weighted by molar-refractivity contribution is -0.122. The maximum Gasteiger partial charge on any atom is 0.242 e. The van der Waals surface area contributed by atoms with Crippen LogP contribution in [0.4, 0.5) is 5.95 Å². The zero-order chi connectivity index (χ0) is 14.0. The largest absolute Gasteiger partial charge is 0.367 e. The van der Waals surface area contributed by atoms with Gasteiger partial charge >= 0.3 is 0 Å². The van der Waals surface area contributed by atoms with E-state index in [9.17, 15) is 4.79 Å². The molecule has 1 amide bonds. The van der Waals surface area contributed by atoms with Crippen LogP contribution in [0.25, 0.3) is 0 Å². The maximum absolute atomic E-state index is 11.9. The molecule has 0 bridgehead atoms. The molecule has 19 heavy (non-hydrogen) atoms. The number of carbonyl (C=O) groups excluding carboxylic acids is 1. The highest BCUT2D eigenvalue weighted by Gasteiger charge is 2.18. The van der Waals surface area contributed by atoms with Crippen LogP contribution in [0, 0.1) is 13.8 Å². The minimum Gasteiger partial charge on any atom is -0.367 e.